The summed E-state index contributed by atoms with van der Waals surface area (Å²) in [6.07, 6.45) is 8.91. The second-order valence-corrected chi connectivity index (χ2v) is 7.39. The molecule has 2 aromatic heterocycles. The van der Waals surface area contributed by atoms with Crippen LogP contribution in [0.4, 0.5) is 17.5 Å². The molecule has 1 atom stereocenters. The maximum Gasteiger partial charge on any atom is 0.227 e. The third kappa shape index (κ3) is 5.09. The molecule has 6 nitrogen and oxygen atoms in total. The molecule has 0 amide bonds. The zero-order chi connectivity index (χ0) is 19.9. The number of nitrogens with one attached hydrogen (secondary N) is 2. The summed E-state index contributed by atoms with van der Waals surface area (Å²) in [6.45, 7) is 5.28. The van der Waals surface area contributed by atoms with Crippen LogP contribution in [0.1, 0.15) is 26.2 Å². The molecule has 2 N–H and O–H groups in total. The van der Waals surface area contributed by atoms with Gasteiger partial charge in [-0.05, 0) is 67.3 Å². The van der Waals surface area contributed by atoms with Crippen LogP contribution in [0.2, 0.25) is 0 Å². The summed E-state index contributed by atoms with van der Waals surface area (Å²) in [5.41, 5.74) is 3.33. The Balaban J connectivity index is 1.47. The van der Waals surface area contributed by atoms with E-state index in [4.69, 9.17) is 4.98 Å². The van der Waals surface area contributed by atoms with E-state index >= 15 is 0 Å². The van der Waals surface area contributed by atoms with Crippen LogP contribution in [-0.4, -0.2) is 40.6 Å². The SMILES string of the molecule is CCC1CN(c2nccc(Nc3ccc(-c4ccncc4)cc3)n2)CCCCN1. The molecular formula is C23H28N6. The van der Waals surface area contributed by atoms with Crippen LogP contribution in [0.25, 0.3) is 11.1 Å². The van der Waals surface area contributed by atoms with Crippen LogP contribution in [-0.2, 0) is 0 Å². The fourth-order valence-corrected chi connectivity index (χ4v) is 3.62. The van der Waals surface area contributed by atoms with Crippen LogP contribution in [0, 0.1) is 0 Å². The summed E-state index contributed by atoms with van der Waals surface area (Å²) in [5.74, 6) is 1.61. The van der Waals surface area contributed by atoms with E-state index in [1.165, 1.54) is 12.0 Å². The molecular weight excluding hydrogens is 360 g/mol. The second-order valence-electron chi connectivity index (χ2n) is 7.39. The smallest absolute Gasteiger partial charge is 0.227 e. The van der Waals surface area contributed by atoms with Gasteiger partial charge in [0.25, 0.3) is 0 Å². The molecule has 0 saturated carbocycles. The Morgan fingerprint density at radius 1 is 1.00 bits per heavy atom. The summed E-state index contributed by atoms with van der Waals surface area (Å²) in [4.78, 5) is 15.7. The molecule has 29 heavy (non-hydrogen) atoms. The minimum Gasteiger partial charge on any atom is -0.340 e. The third-order valence-electron chi connectivity index (χ3n) is 5.32. The summed E-state index contributed by atoms with van der Waals surface area (Å²) >= 11 is 0. The van der Waals surface area contributed by atoms with Gasteiger partial charge in [0.2, 0.25) is 5.95 Å². The van der Waals surface area contributed by atoms with Crippen molar-refractivity contribution in [2.45, 2.75) is 32.2 Å². The molecule has 3 heterocycles. The second kappa shape index (κ2) is 9.47. The Bertz CT molecular complexity index is 897. The van der Waals surface area contributed by atoms with Crippen molar-refractivity contribution < 1.29 is 0 Å². The monoisotopic (exact) mass is 388 g/mol. The summed E-state index contributed by atoms with van der Waals surface area (Å²) < 4.78 is 0. The molecule has 3 aromatic rings. The molecule has 6 heteroatoms. The first-order valence-corrected chi connectivity index (χ1v) is 10.4. The lowest BCUT2D eigenvalue weighted by Gasteiger charge is -2.30. The first-order chi connectivity index (χ1) is 14.3. The molecule has 0 bridgehead atoms. The van der Waals surface area contributed by atoms with Crippen molar-refractivity contribution in [1.29, 1.82) is 0 Å². The molecule has 1 fully saturated rings. The van der Waals surface area contributed by atoms with Crippen molar-refractivity contribution in [3.63, 3.8) is 0 Å². The van der Waals surface area contributed by atoms with Crippen molar-refractivity contribution in [3.8, 4) is 11.1 Å². The predicted molar refractivity (Wildman–Crippen MR) is 119 cm³/mol. The number of nitrogens with zero attached hydrogens (tertiary/aromatic N) is 4. The van der Waals surface area contributed by atoms with Crippen LogP contribution < -0.4 is 15.5 Å². The van der Waals surface area contributed by atoms with Gasteiger partial charge in [0.05, 0.1) is 0 Å². The van der Waals surface area contributed by atoms with Crippen molar-refractivity contribution in [1.82, 2.24) is 20.3 Å². The molecule has 0 spiro atoms. The van der Waals surface area contributed by atoms with Gasteiger partial charge >= 0.3 is 0 Å². The molecule has 0 aliphatic carbocycles. The van der Waals surface area contributed by atoms with Gasteiger partial charge in [-0.2, -0.15) is 4.98 Å². The molecule has 150 valence electrons. The normalized spacial score (nSPS) is 17.4. The Morgan fingerprint density at radius 3 is 2.59 bits per heavy atom. The van der Waals surface area contributed by atoms with Gasteiger partial charge in [-0.15, -0.1) is 0 Å². The van der Waals surface area contributed by atoms with Crippen LogP contribution in [0.3, 0.4) is 0 Å². The average Bonchev–Trinajstić information content (AvgIpc) is 2.75. The summed E-state index contributed by atoms with van der Waals surface area (Å²) in [6, 6.07) is 14.8. The lowest BCUT2D eigenvalue weighted by molar-refractivity contribution is 0.448. The number of aromatic nitrogens is 3. The van der Waals surface area contributed by atoms with E-state index in [0.29, 0.717) is 6.04 Å². The number of hydrogen-bond donors (Lipinski definition) is 2. The third-order valence-corrected chi connectivity index (χ3v) is 5.32. The first kappa shape index (κ1) is 19.3. The van der Waals surface area contributed by atoms with Crippen LogP contribution in [0.5, 0.6) is 0 Å². The Morgan fingerprint density at radius 2 is 1.79 bits per heavy atom. The van der Waals surface area contributed by atoms with Crippen LogP contribution in [0.15, 0.2) is 61.1 Å². The lowest BCUT2D eigenvalue weighted by atomic mass is 10.1. The van der Waals surface area contributed by atoms with Gasteiger partial charge in [-0.1, -0.05) is 19.1 Å². The highest BCUT2D eigenvalue weighted by atomic mass is 15.3. The Labute approximate surface area is 172 Å². The number of hydrogen-bond acceptors (Lipinski definition) is 6. The molecule has 0 radical (unpaired) electrons. The number of pyridine rings is 1. The van der Waals surface area contributed by atoms with E-state index in [-0.39, 0.29) is 0 Å². The van der Waals surface area contributed by atoms with E-state index in [2.05, 4.69) is 56.7 Å². The quantitative estimate of drug-likeness (QED) is 0.681. The van der Waals surface area contributed by atoms with Gasteiger partial charge in [0.15, 0.2) is 0 Å². The van der Waals surface area contributed by atoms with Crippen molar-refractivity contribution >= 4 is 17.5 Å². The maximum atomic E-state index is 4.78. The fraction of sp³-hybridized carbons (Fsp3) is 0.348. The highest BCUT2D eigenvalue weighted by Crippen LogP contribution is 2.23. The number of anilines is 3. The largest absolute Gasteiger partial charge is 0.340 e. The van der Waals surface area contributed by atoms with Gasteiger partial charge in [-0.3, -0.25) is 4.98 Å². The van der Waals surface area contributed by atoms with E-state index in [1.807, 2.05) is 36.8 Å². The van der Waals surface area contributed by atoms with E-state index in [0.717, 1.165) is 55.5 Å². The van der Waals surface area contributed by atoms with Gasteiger partial charge in [-0.25, -0.2) is 4.98 Å². The molecule has 1 aliphatic rings. The molecule has 4 rings (SSSR count). The number of rotatable bonds is 5. The highest BCUT2D eigenvalue weighted by Gasteiger charge is 2.17. The molecule has 1 unspecified atom stereocenters. The zero-order valence-electron chi connectivity index (χ0n) is 16.9. The minimum absolute atomic E-state index is 0.483. The van der Waals surface area contributed by atoms with E-state index < -0.39 is 0 Å². The topological polar surface area (TPSA) is 66.0 Å². The Hall–Kier alpha value is -2.99. The highest BCUT2D eigenvalue weighted by molar-refractivity contribution is 5.67. The summed E-state index contributed by atoms with van der Waals surface area (Å²) in [7, 11) is 0. The average molecular weight is 389 g/mol. The van der Waals surface area contributed by atoms with Gasteiger partial charge in [0, 0.05) is 43.4 Å². The van der Waals surface area contributed by atoms with E-state index in [9.17, 15) is 0 Å². The zero-order valence-corrected chi connectivity index (χ0v) is 16.9. The maximum absolute atomic E-state index is 4.78. The molecule has 1 aliphatic heterocycles. The van der Waals surface area contributed by atoms with E-state index in [1.54, 1.807) is 0 Å². The van der Waals surface area contributed by atoms with Gasteiger partial charge in [0.1, 0.15) is 5.82 Å². The predicted octanol–water partition coefficient (Wildman–Crippen LogP) is 4.25. The number of benzene rings is 1. The van der Waals surface area contributed by atoms with Gasteiger partial charge < -0.3 is 15.5 Å². The molecule has 1 aromatic carbocycles. The Kier molecular flexibility index (Phi) is 6.32. The standard InChI is InChI=1S/C23H28N6/c1-2-20-17-29(16-4-3-12-25-20)23-26-15-11-22(28-23)27-21-7-5-18(6-8-21)19-9-13-24-14-10-19/h5-11,13-15,20,25H,2-4,12,16-17H2,1H3,(H,26,27,28). The van der Waals surface area contributed by atoms with Crippen molar-refractivity contribution in [2.24, 2.45) is 0 Å². The van der Waals surface area contributed by atoms with Crippen LogP contribution >= 0.6 is 0 Å². The lowest BCUT2D eigenvalue weighted by Crippen LogP contribution is -2.44. The first-order valence-electron chi connectivity index (χ1n) is 10.4. The van der Waals surface area contributed by atoms with Crippen molar-refractivity contribution in [3.05, 3.63) is 61.1 Å². The minimum atomic E-state index is 0.483. The van der Waals surface area contributed by atoms with Crippen molar-refractivity contribution in [2.75, 3.05) is 29.9 Å². The molecule has 1 saturated heterocycles. The fourth-order valence-electron chi connectivity index (χ4n) is 3.62. The summed E-state index contributed by atoms with van der Waals surface area (Å²) in [5, 5.41) is 7.04.